The van der Waals surface area contributed by atoms with Crippen molar-refractivity contribution >= 4 is 0 Å². The van der Waals surface area contributed by atoms with E-state index in [1.165, 1.54) is 12.1 Å². The summed E-state index contributed by atoms with van der Waals surface area (Å²) >= 11 is 0. The third-order valence-corrected chi connectivity index (χ3v) is 4.03. The molecule has 1 saturated carbocycles. The van der Waals surface area contributed by atoms with Crippen molar-refractivity contribution in [1.82, 2.24) is 0 Å². The molecule has 0 bridgehead atoms. The van der Waals surface area contributed by atoms with Crippen LogP contribution < -0.4 is 0 Å². The van der Waals surface area contributed by atoms with Gasteiger partial charge in [0.05, 0.1) is 6.10 Å². The first-order chi connectivity index (χ1) is 8.61. The van der Waals surface area contributed by atoms with E-state index in [2.05, 4.69) is 0 Å². The van der Waals surface area contributed by atoms with E-state index in [4.69, 9.17) is 5.11 Å². The maximum absolute atomic E-state index is 12.9. The summed E-state index contributed by atoms with van der Waals surface area (Å²) in [6, 6.07) is 6.44. The summed E-state index contributed by atoms with van der Waals surface area (Å²) in [7, 11) is 0. The Morgan fingerprint density at radius 3 is 2.56 bits per heavy atom. The largest absolute Gasteiger partial charge is 0.396 e. The van der Waals surface area contributed by atoms with Crippen LogP contribution in [0.5, 0.6) is 0 Å². The van der Waals surface area contributed by atoms with E-state index in [0.29, 0.717) is 5.92 Å². The van der Waals surface area contributed by atoms with E-state index in [1.807, 2.05) is 6.92 Å². The van der Waals surface area contributed by atoms with E-state index < -0.39 is 0 Å². The summed E-state index contributed by atoms with van der Waals surface area (Å²) in [5, 5.41) is 19.3. The Labute approximate surface area is 107 Å². The first kappa shape index (κ1) is 13.5. The zero-order valence-electron chi connectivity index (χ0n) is 10.7. The summed E-state index contributed by atoms with van der Waals surface area (Å²) in [5.41, 5.74) is 1.01. The number of hydrogen-bond donors (Lipinski definition) is 2. The number of halogens is 1. The Balaban J connectivity index is 2.14. The van der Waals surface area contributed by atoms with Gasteiger partial charge in [0, 0.05) is 12.5 Å². The minimum Gasteiger partial charge on any atom is -0.396 e. The van der Waals surface area contributed by atoms with Crippen molar-refractivity contribution in [2.45, 2.75) is 38.2 Å². The summed E-state index contributed by atoms with van der Waals surface area (Å²) < 4.78 is 12.9. The van der Waals surface area contributed by atoms with Gasteiger partial charge in [-0.2, -0.15) is 0 Å². The lowest BCUT2D eigenvalue weighted by atomic mass is 9.82. The average Bonchev–Trinajstić information content (AvgIpc) is 2.72. The molecule has 0 aliphatic heterocycles. The van der Waals surface area contributed by atoms with Crippen molar-refractivity contribution < 1.29 is 14.6 Å². The summed E-state index contributed by atoms with van der Waals surface area (Å²) in [6.07, 6.45) is 2.35. The fraction of sp³-hybridized carbons (Fsp3) is 0.600. The highest BCUT2D eigenvalue weighted by Crippen LogP contribution is 2.43. The van der Waals surface area contributed by atoms with Gasteiger partial charge in [-0.3, -0.25) is 0 Å². The lowest BCUT2D eigenvalue weighted by Gasteiger charge is -2.24. The van der Waals surface area contributed by atoms with Crippen LogP contribution in [0.3, 0.4) is 0 Å². The van der Waals surface area contributed by atoms with Crippen LogP contribution in [0.2, 0.25) is 0 Å². The molecule has 0 radical (unpaired) electrons. The molecule has 2 rings (SSSR count). The lowest BCUT2D eigenvalue weighted by molar-refractivity contribution is 0.145. The third kappa shape index (κ3) is 2.90. The van der Waals surface area contributed by atoms with Gasteiger partial charge in [-0.05, 0) is 48.8 Å². The second kappa shape index (κ2) is 5.81. The van der Waals surface area contributed by atoms with E-state index in [0.717, 1.165) is 24.8 Å². The van der Waals surface area contributed by atoms with Gasteiger partial charge in [0.2, 0.25) is 0 Å². The van der Waals surface area contributed by atoms with Gasteiger partial charge >= 0.3 is 0 Å². The molecule has 1 aliphatic rings. The van der Waals surface area contributed by atoms with Gasteiger partial charge in [0.1, 0.15) is 5.82 Å². The highest BCUT2D eigenvalue weighted by atomic mass is 19.1. The van der Waals surface area contributed by atoms with Gasteiger partial charge in [-0.25, -0.2) is 4.39 Å². The molecule has 0 heterocycles. The smallest absolute Gasteiger partial charge is 0.123 e. The Kier molecular flexibility index (Phi) is 4.36. The zero-order chi connectivity index (χ0) is 13.1. The normalized spacial score (nSPS) is 29.4. The predicted molar refractivity (Wildman–Crippen MR) is 68.7 cm³/mol. The van der Waals surface area contributed by atoms with Gasteiger partial charge in [-0.1, -0.05) is 19.1 Å². The van der Waals surface area contributed by atoms with Crippen LogP contribution in [0, 0.1) is 17.7 Å². The second-order valence-corrected chi connectivity index (χ2v) is 5.51. The number of rotatable bonds is 4. The first-order valence-corrected chi connectivity index (χ1v) is 6.66. The number of aliphatic hydroxyl groups is 2. The first-order valence-electron chi connectivity index (χ1n) is 6.66. The number of hydrogen-bond acceptors (Lipinski definition) is 2. The van der Waals surface area contributed by atoms with Crippen molar-refractivity contribution in [1.29, 1.82) is 0 Å². The Morgan fingerprint density at radius 1 is 1.28 bits per heavy atom. The Hall–Kier alpha value is -0.930. The van der Waals surface area contributed by atoms with Gasteiger partial charge in [0.25, 0.3) is 0 Å². The minimum atomic E-state index is -0.341. The van der Waals surface area contributed by atoms with Crippen LogP contribution in [0.25, 0.3) is 0 Å². The molecule has 3 heteroatoms. The second-order valence-electron chi connectivity index (χ2n) is 5.51. The zero-order valence-corrected chi connectivity index (χ0v) is 10.7. The van der Waals surface area contributed by atoms with Gasteiger partial charge in [-0.15, -0.1) is 0 Å². The van der Waals surface area contributed by atoms with Crippen LogP contribution in [0.4, 0.5) is 4.39 Å². The van der Waals surface area contributed by atoms with Crippen LogP contribution in [-0.2, 0) is 0 Å². The van der Waals surface area contributed by atoms with Gasteiger partial charge in [0.15, 0.2) is 0 Å². The molecule has 1 fully saturated rings. The lowest BCUT2D eigenvalue weighted by Crippen LogP contribution is -2.19. The molecule has 1 aromatic rings. The molecule has 100 valence electrons. The molecular weight excluding hydrogens is 231 g/mol. The molecule has 0 saturated heterocycles. The topological polar surface area (TPSA) is 40.5 Å². The van der Waals surface area contributed by atoms with Crippen molar-refractivity contribution in [2.75, 3.05) is 6.61 Å². The Bertz CT molecular complexity index is 377. The standard InChI is InChI=1S/C15H21FO2/c1-10(9-17)8-12-4-7-14(18)15(12)11-2-5-13(16)6-3-11/h2-3,5-6,10,12,14-15,17-18H,4,7-9H2,1H3/t10?,12?,14?,15-/m0/s1. The van der Waals surface area contributed by atoms with E-state index >= 15 is 0 Å². The van der Waals surface area contributed by atoms with Crippen LogP contribution in [0.1, 0.15) is 37.7 Å². The fourth-order valence-corrected chi connectivity index (χ4v) is 3.09. The summed E-state index contributed by atoms with van der Waals surface area (Å²) in [5.74, 6) is 0.474. The van der Waals surface area contributed by atoms with Crippen molar-refractivity contribution in [2.24, 2.45) is 11.8 Å². The molecule has 1 aromatic carbocycles. The van der Waals surface area contributed by atoms with E-state index in [9.17, 15) is 9.50 Å². The molecule has 18 heavy (non-hydrogen) atoms. The quantitative estimate of drug-likeness (QED) is 0.865. The fourth-order valence-electron chi connectivity index (χ4n) is 3.09. The molecule has 4 atom stereocenters. The molecule has 0 aromatic heterocycles. The highest BCUT2D eigenvalue weighted by Gasteiger charge is 2.36. The molecule has 3 unspecified atom stereocenters. The van der Waals surface area contributed by atoms with Crippen LogP contribution in [-0.4, -0.2) is 22.9 Å². The predicted octanol–water partition coefficient (Wildman–Crippen LogP) is 2.70. The number of benzene rings is 1. The van der Waals surface area contributed by atoms with E-state index in [-0.39, 0.29) is 30.4 Å². The maximum atomic E-state index is 12.9. The number of aliphatic hydroxyl groups excluding tert-OH is 2. The highest BCUT2D eigenvalue weighted by molar-refractivity contribution is 5.24. The molecule has 0 spiro atoms. The molecule has 1 aliphatic carbocycles. The van der Waals surface area contributed by atoms with Crippen molar-refractivity contribution in [3.8, 4) is 0 Å². The van der Waals surface area contributed by atoms with Crippen molar-refractivity contribution in [3.05, 3.63) is 35.6 Å². The molecule has 2 nitrogen and oxygen atoms in total. The average molecular weight is 252 g/mol. The van der Waals surface area contributed by atoms with Crippen molar-refractivity contribution in [3.63, 3.8) is 0 Å². The molecule has 2 N–H and O–H groups in total. The van der Waals surface area contributed by atoms with Crippen LogP contribution >= 0.6 is 0 Å². The maximum Gasteiger partial charge on any atom is 0.123 e. The summed E-state index contributed by atoms with van der Waals surface area (Å²) in [4.78, 5) is 0. The molecular formula is C15H21FO2. The monoisotopic (exact) mass is 252 g/mol. The molecule has 0 amide bonds. The minimum absolute atomic E-state index is 0.0830. The van der Waals surface area contributed by atoms with Crippen LogP contribution in [0.15, 0.2) is 24.3 Å². The van der Waals surface area contributed by atoms with Gasteiger partial charge < -0.3 is 10.2 Å². The van der Waals surface area contributed by atoms with E-state index in [1.54, 1.807) is 12.1 Å². The third-order valence-electron chi connectivity index (χ3n) is 4.03. The Morgan fingerprint density at radius 2 is 1.94 bits per heavy atom. The SMILES string of the molecule is CC(CO)CC1CCC(O)[C@H]1c1ccc(F)cc1. The summed E-state index contributed by atoms with van der Waals surface area (Å²) in [6.45, 7) is 2.20.